The van der Waals surface area contributed by atoms with Crippen LogP contribution in [-0.4, -0.2) is 42.7 Å². The van der Waals surface area contributed by atoms with Gasteiger partial charge in [0.1, 0.15) is 11.6 Å². The lowest BCUT2D eigenvalue weighted by atomic mass is 9.98. The molecule has 0 spiro atoms. The van der Waals surface area contributed by atoms with E-state index >= 15 is 0 Å². The maximum absolute atomic E-state index is 13.4. The number of halogens is 1. The second kappa shape index (κ2) is 7.61. The molecule has 1 saturated heterocycles. The number of fused-ring (bicyclic) bond motifs is 1. The molecule has 4 nitrogen and oxygen atoms in total. The maximum atomic E-state index is 13.4. The molecule has 2 heterocycles. The minimum absolute atomic E-state index is 0.0497. The summed E-state index contributed by atoms with van der Waals surface area (Å²) >= 11 is 0. The van der Waals surface area contributed by atoms with Gasteiger partial charge in [0, 0.05) is 31.5 Å². The van der Waals surface area contributed by atoms with E-state index in [4.69, 9.17) is 4.74 Å². The molecular weight excluding hydrogens is 345 g/mol. The molecule has 27 heavy (non-hydrogen) atoms. The minimum atomic E-state index is -0.200. The Labute approximate surface area is 157 Å². The van der Waals surface area contributed by atoms with Crippen molar-refractivity contribution in [1.82, 2.24) is 4.90 Å². The quantitative estimate of drug-likeness (QED) is 0.753. The Morgan fingerprint density at radius 2 is 2.11 bits per heavy atom. The molecule has 0 bridgehead atoms. The number of likely N-dealkylation sites (tertiary alicyclic amines) is 1. The van der Waals surface area contributed by atoms with Gasteiger partial charge in [-0.25, -0.2) is 4.39 Å². The lowest BCUT2D eigenvalue weighted by Gasteiger charge is -2.18. The van der Waals surface area contributed by atoms with Crippen molar-refractivity contribution in [1.29, 1.82) is 0 Å². The van der Waals surface area contributed by atoms with Gasteiger partial charge in [0.2, 0.25) is 0 Å². The third kappa shape index (κ3) is 3.93. The van der Waals surface area contributed by atoms with E-state index in [1.54, 1.807) is 30.3 Å². The van der Waals surface area contributed by atoms with Crippen LogP contribution in [0.15, 0.2) is 42.5 Å². The van der Waals surface area contributed by atoms with Gasteiger partial charge in [-0.3, -0.25) is 9.59 Å². The lowest BCUT2D eigenvalue weighted by molar-refractivity contribution is 0.0927. The predicted molar refractivity (Wildman–Crippen MR) is 100 cm³/mol. The highest BCUT2D eigenvalue weighted by Gasteiger charge is 2.25. The van der Waals surface area contributed by atoms with E-state index in [9.17, 15) is 14.0 Å². The van der Waals surface area contributed by atoms with E-state index in [-0.39, 0.29) is 17.4 Å². The first kappa shape index (κ1) is 17.9. The second-order valence-corrected chi connectivity index (χ2v) is 7.25. The van der Waals surface area contributed by atoms with Crippen LogP contribution in [0.2, 0.25) is 0 Å². The van der Waals surface area contributed by atoms with Gasteiger partial charge in [-0.2, -0.15) is 0 Å². The van der Waals surface area contributed by atoms with E-state index in [2.05, 4.69) is 4.90 Å². The molecule has 0 aliphatic carbocycles. The Hall–Kier alpha value is -2.53. The van der Waals surface area contributed by atoms with Gasteiger partial charge in [-0.05, 0) is 48.7 Å². The summed E-state index contributed by atoms with van der Waals surface area (Å²) in [5.74, 6) is 0.752. The van der Waals surface area contributed by atoms with Crippen LogP contribution in [0.3, 0.4) is 0 Å². The minimum Gasteiger partial charge on any atom is -0.492 e. The Bertz CT molecular complexity index is 880. The average Bonchev–Trinajstić information content (AvgIpc) is 3.15. The molecule has 1 atom stereocenters. The molecule has 2 aliphatic rings. The molecule has 1 fully saturated rings. The molecule has 0 radical (unpaired) electrons. The summed E-state index contributed by atoms with van der Waals surface area (Å²) < 4.78 is 18.9. The van der Waals surface area contributed by atoms with Crippen LogP contribution in [0.25, 0.3) is 0 Å². The normalized spacial score (nSPS) is 19.6. The number of ether oxygens (including phenoxy) is 1. The smallest absolute Gasteiger partial charge is 0.169 e. The zero-order valence-electron chi connectivity index (χ0n) is 15.1. The van der Waals surface area contributed by atoms with Crippen molar-refractivity contribution in [2.45, 2.75) is 25.2 Å². The van der Waals surface area contributed by atoms with E-state index in [1.807, 2.05) is 6.07 Å². The Morgan fingerprint density at radius 3 is 2.96 bits per heavy atom. The standard InChI is InChI=1S/C22H22FNO3/c23-18-3-1-2-15(12-18)17-6-9-24(14-17)10-7-20(25)16-4-5-19-21(26)8-11-27-22(19)13-16/h1-5,12-13,17H,6-11,14H2. The fourth-order valence-electron chi connectivity index (χ4n) is 3.91. The number of benzene rings is 2. The van der Waals surface area contributed by atoms with E-state index in [1.165, 1.54) is 6.07 Å². The summed E-state index contributed by atoms with van der Waals surface area (Å²) in [6.07, 6.45) is 1.79. The second-order valence-electron chi connectivity index (χ2n) is 7.25. The third-order valence-electron chi connectivity index (χ3n) is 5.44. The van der Waals surface area contributed by atoms with Crippen molar-refractivity contribution in [3.05, 3.63) is 65.0 Å². The fraction of sp³-hybridized carbons (Fsp3) is 0.364. The number of hydrogen-bond donors (Lipinski definition) is 0. The summed E-state index contributed by atoms with van der Waals surface area (Å²) in [4.78, 5) is 26.6. The molecule has 0 amide bonds. The molecule has 0 N–H and O–H groups in total. The number of Topliss-reactive ketones (excluding diaryl/α,β-unsaturated/α-hetero) is 2. The molecule has 2 aliphatic heterocycles. The highest BCUT2D eigenvalue weighted by Crippen LogP contribution is 2.29. The van der Waals surface area contributed by atoms with E-state index in [0.717, 1.165) is 25.1 Å². The van der Waals surface area contributed by atoms with Crippen LogP contribution in [-0.2, 0) is 0 Å². The number of nitrogens with zero attached hydrogens (tertiary/aromatic N) is 1. The van der Waals surface area contributed by atoms with Crippen LogP contribution in [0, 0.1) is 5.82 Å². The Morgan fingerprint density at radius 1 is 1.22 bits per heavy atom. The number of hydrogen-bond acceptors (Lipinski definition) is 4. The average molecular weight is 367 g/mol. The van der Waals surface area contributed by atoms with Crippen molar-refractivity contribution in [2.75, 3.05) is 26.2 Å². The SMILES string of the molecule is O=C(CCN1CCC(c2cccc(F)c2)C1)c1ccc2c(c1)OCCC2=O. The molecular formula is C22H22FNO3. The van der Waals surface area contributed by atoms with Crippen LogP contribution < -0.4 is 4.74 Å². The van der Waals surface area contributed by atoms with Gasteiger partial charge >= 0.3 is 0 Å². The van der Waals surface area contributed by atoms with Gasteiger partial charge in [0.05, 0.1) is 12.2 Å². The van der Waals surface area contributed by atoms with Crippen molar-refractivity contribution >= 4 is 11.6 Å². The molecule has 5 heteroatoms. The fourth-order valence-corrected chi connectivity index (χ4v) is 3.91. The summed E-state index contributed by atoms with van der Waals surface area (Å²) in [6.45, 7) is 2.81. The number of carbonyl (C=O) groups is 2. The maximum Gasteiger partial charge on any atom is 0.169 e. The summed E-state index contributed by atoms with van der Waals surface area (Å²) in [5, 5.41) is 0. The molecule has 0 aromatic heterocycles. The molecule has 0 saturated carbocycles. The van der Waals surface area contributed by atoms with Crippen molar-refractivity contribution in [2.24, 2.45) is 0 Å². The number of rotatable bonds is 5. The van der Waals surface area contributed by atoms with Crippen molar-refractivity contribution < 1.29 is 18.7 Å². The number of ketones is 2. The molecule has 4 rings (SSSR count). The zero-order chi connectivity index (χ0) is 18.8. The van der Waals surface area contributed by atoms with Crippen LogP contribution in [0.5, 0.6) is 5.75 Å². The van der Waals surface area contributed by atoms with Gasteiger partial charge < -0.3 is 9.64 Å². The van der Waals surface area contributed by atoms with Crippen LogP contribution in [0.1, 0.15) is 51.5 Å². The first-order valence-electron chi connectivity index (χ1n) is 9.41. The van der Waals surface area contributed by atoms with E-state index in [0.29, 0.717) is 48.8 Å². The van der Waals surface area contributed by atoms with Crippen LogP contribution in [0.4, 0.5) is 4.39 Å². The highest BCUT2D eigenvalue weighted by molar-refractivity contribution is 6.02. The predicted octanol–water partition coefficient (Wildman–Crippen LogP) is 3.85. The van der Waals surface area contributed by atoms with Gasteiger partial charge in [0.25, 0.3) is 0 Å². The topological polar surface area (TPSA) is 46.6 Å². The largest absolute Gasteiger partial charge is 0.492 e. The highest BCUT2D eigenvalue weighted by atomic mass is 19.1. The lowest BCUT2D eigenvalue weighted by Crippen LogP contribution is -2.24. The van der Waals surface area contributed by atoms with Crippen molar-refractivity contribution in [3.8, 4) is 5.75 Å². The monoisotopic (exact) mass is 367 g/mol. The summed E-state index contributed by atoms with van der Waals surface area (Å²) in [6, 6.07) is 11.9. The molecule has 140 valence electrons. The van der Waals surface area contributed by atoms with Crippen molar-refractivity contribution in [3.63, 3.8) is 0 Å². The van der Waals surface area contributed by atoms with E-state index < -0.39 is 0 Å². The molecule has 2 aromatic carbocycles. The zero-order valence-corrected chi connectivity index (χ0v) is 15.1. The van der Waals surface area contributed by atoms with Gasteiger partial charge in [-0.15, -0.1) is 0 Å². The third-order valence-corrected chi connectivity index (χ3v) is 5.44. The molecule has 1 unspecified atom stereocenters. The summed E-state index contributed by atoms with van der Waals surface area (Å²) in [5.41, 5.74) is 2.18. The van der Waals surface area contributed by atoms with Crippen LogP contribution >= 0.6 is 0 Å². The molecule has 2 aromatic rings. The van der Waals surface area contributed by atoms with Gasteiger partial charge in [0.15, 0.2) is 11.6 Å². The first-order valence-corrected chi connectivity index (χ1v) is 9.41. The van der Waals surface area contributed by atoms with Gasteiger partial charge in [-0.1, -0.05) is 18.2 Å². The Kier molecular flexibility index (Phi) is 5.03. The first-order chi connectivity index (χ1) is 13.1. The Balaban J connectivity index is 1.34. The summed E-state index contributed by atoms with van der Waals surface area (Å²) in [7, 11) is 0. The number of carbonyl (C=O) groups excluding carboxylic acids is 2.